The van der Waals surface area contributed by atoms with E-state index in [4.69, 9.17) is 4.42 Å². The molecule has 0 spiro atoms. The van der Waals surface area contributed by atoms with Crippen LogP contribution in [0.5, 0.6) is 0 Å². The van der Waals surface area contributed by atoms with E-state index in [2.05, 4.69) is 20.9 Å². The molecule has 0 radical (unpaired) electrons. The van der Waals surface area contributed by atoms with Gasteiger partial charge in [0.2, 0.25) is 0 Å². The topological polar surface area (TPSA) is 78.7 Å². The number of hydrogen-bond acceptors (Lipinski definition) is 3. The fourth-order valence-electron chi connectivity index (χ4n) is 2.73. The summed E-state index contributed by atoms with van der Waals surface area (Å²) in [5.74, 6) is 0.802. The number of carbonyl (C=O) groups is 1. The van der Waals surface area contributed by atoms with E-state index in [0.29, 0.717) is 42.5 Å². The standard InChI is InChI=1S/C22H23FN4O2/c1-24-22(27-14-18-7-2-3-10-20(18)23)26-13-16-6-4-8-17(12-16)21(28)25-15-19-9-5-11-29-19/h2-12H,13-15H2,1H3,(H,25,28)(H2,24,26,27). The smallest absolute Gasteiger partial charge is 0.251 e. The van der Waals surface area contributed by atoms with E-state index in [1.165, 1.54) is 6.07 Å². The molecule has 1 amide bonds. The zero-order valence-electron chi connectivity index (χ0n) is 16.1. The molecule has 0 bridgehead atoms. The summed E-state index contributed by atoms with van der Waals surface area (Å²) in [7, 11) is 1.65. The number of carbonyl (C=O) groups excluding carboxylic acids is 1. The number of furan rings is 1. The minimum atomic E-state index is -0.260. The number of nitrogens with one attached hydrogen (secondary N) is 3. The molecule has 2 aromatic carbocycles. The lowest BCUT2D eigenvalue weighted by Crippen LogP contribution is -2.36. The molecule has 150 valence electrons. The Morgan fingerprint density at radius 3 is 2.55 bits per heavy atom. The Hall–Kier alpha value is -3.61. The minimum absolute atomic E-state index is 0.176. The maximum Gasteiger partial charge on any atom is 0.251 e. The Balaban J connectivity index is 1.52. The van der Waals surface area contributed by atoms with Gasteiger partial charge in [0.05, 0.1) is 12.8 Å². The fourth-order valence-corrected chi connectivity index (χ4v) is 2.73. The average Bonchev–Trinajstić information content (AvgIpc) is 3.27. The second kappa shape index (κ2) is 10.1. The van der Waals surface area contributed by atoms with Crippen LogP contribution in [0.2, 0.25) is 0 Å². The number of aliphatic imine (C=N–C) groups is 1. The summed E-state index contributed by atoms with van der Waals surface area (Å²) in [5.41, 5.74) is 2.04. The molecular weight excluding hydrogens is 371 g/mol. The number of nitrogens with zero attached hydrogens (tertiary/aromatic N) is 1. The molecule has 3 N–H and O–H groups in total. The number of guanidine groups is 1. The first-order chi connectivity index (χ1) is 14.2. The first kappa shape index (κ1) is 20.1. The van der Waals surface area contributed by atoms with Gasteiger partial charge in [-0.25, -0.2) is 4.39 Å². The SMILES string of the molecule is CN=C(NCc1cccc(C(=O)NCc2ccco2)c1)NCc1ccccc1F. The first-order valence-electron chi connectivity index (χ1n) is 9.23. The highest BCUT2D eigenvalue weighted by Gasteiger charge is 2.08. The highest BCUT2D eigenvalue weighted by Crippen LogP contribution is 2.07. The van der Waals surface area contributed by atoms with Gasteiger partial charge in [-0.2, -0.15) is 0 Å². The van der Waals surface area contributed by atoms with Crippen molar-refractivity contribution in [2.75, 3.05) is 7.05 Å². The fraction of sp³-hybridized carbons (Fsp3) is 0.182. The molecule has 0 aliphatic heterocycles. The molecule has 7 heteroatoms. The van der Waals surface area contributed by atoms with E-state index in [-0.39, 0.29) is 11.7 Å². The van der Waals surface area contributed by atoms with Gasteiger partial charge < -0.3 is 20.4 Å². The minimum Gasteiger partial charge on any atom is -0.467 e. The van der Waals surface area contributed by atoms with E-state index in [0.717, 1.165) is 5.56 Å². The van der Waals surface area contributed by atoms with E-state index in [9.17, 15) is 9.18 Å². The molecule has 6 nitrogen and oxygen atoms in total. The van der Waals surface area contributed by atoms with Crippen LogP contribution >= 0.6 is 0 Å². The van der Waals surface area contributed by atoms with Gasteiger partial charge in [0.25, 0.3) is 5.91 Å². The summed E-state index contributed by atoms with van der Waals surface area (Å²) in [4.78, 5) is 16.5. The quantitative estimate of drug-likeness (QED) is 0.425. The summed E-state index contributed by atoms with van der Waals surface area (Å²) >= 11 is 0. The van der Waals surface area contributed by atoms with Crippen molar-refractivity contribution in [1.82, 2.24) is 16.0 Å². The van der Waals surface area contributed by atoms with Crippen molar-refractivity contribution in [2.24, 2.45) is 4.99 Å². The second-order valence-corrected chi connectivity index (χ2v) is 6.33. The highest BCUT2D eigenvalue weighted by atomic mass is 19.1. The molecule has 1 heterocycles. The Bertz CT molecular complexity index is 970. The Morgan fingerprint density at radius 2 is 1.79 bits per heavy atom. The van der Waals surface area contributed by atoms with Crippen LogP contribution < -0.4 is 16.0 Å². The van der Waals surface area contributed by atoms with Gasteiger partial charge in [-0.05, 0) is 35.9 Å². The van der Waals surface area contributed by atoms with Crippen LogP contribution in [0, 0.1) is 5.82 Å². The summed E-state index contributed by atoms with van der Waals surface area (Å²) < 4.78 is 18.9. The van der Waals surface area contributed by atoms with E-state index in [1.807, 2.05) is 18.2 Å². The van der Waals surface area contributed by atoms with Gasteiger partial charge in [0.15, 0.2) is 5.96 Å². The van der Waals surface area contributed by atoms with Crippen molar-refractivity contribution in [3.8, 4) is 0 Å². The van der Waals surface area contributed by atoms with Gasteiger partial charge in [0, 0.05) is 31.3 Å². The molecule has 0 saturated heterocycles. The van der Waals surface area contributed by atoms with Crippen LogP contribution in [-0.4, -0.2) is 18.9 Å². The van der Waals surface area contributed by atoms with Gasteiger partial charge in [-0.15, -0.1) is 0 Å². The number of rotatable bonds is 7. The van der Waals surface area contributed by atoms with Gasteiger partial charge in [-0.1, -0.05) is 30.3 Å². The van der Waals surface area contributed by atoms with Crippen molar-refractivity contribution in [3.63, 3.8) is 0 Å². The summed E-state index contributed by atoms with van der Waals surface area (Å²) in [6.45, 7) is 1.12. The van der Waals surface area contributed by atoms with Crippen LogP contribution in [-0.2, 0) is 19.6 Å². The second-order valence-electron chi connectivity index (χ2n) is 6.33. The maximum absolute atomic E-state index is 13.7. The lowest BCUT2D eigenvalue weighted by Gasteiger charge is -2.13. The van der Waals surface area contributed by atoms with Crippen LogP contribution in [0.4, 0.5) is 4.39 Å². The lowest BCUT2D eigenvalue weighted by molar-refractivity contribution is 0.0948. The van der Waals surface area contributed by atoms with Crippen molar-refractivity contribution in [2.45, 2.75) is 19.6 Å². The molecule has 0 atom stereocenters. The zero-order valence-corrected chi connectivity index (χ0v) is 16.1. The Kier molecular flexibility index (Phi) is 7.00. The van der Waals surface area contributed by atoms with Gasteiger partial charge in [-0.3, -0.25) is 9.79 Å². The van der Waals surface area contributed by atoms with E-state index in [1.54, 1.807) is 49.7 Å². The molecule has 0 saturated carbocycles. The molecule has 29 heavy (non-hydrogen) atoms. The molecule has 3 aromatic rings. The number of hydrogen-bond donors (Lipinski definition) is 3. The lowest BCUT2D eigenvalue weighted by atomic mass is 10.1. The predicted octanol–water partition coefficient (Wildman–Crippen LogP) is 3.21. The van der Waals surface area contributed by atoms with E-state index >= 15 is 0 Å². The third-order valence-corrected chi connectivity index (χ3v) is 4.28. The average molecular weight is 394 g/mol. The predicted molar refractivity (Wildman–Crippen MR) is 110 cm³/mol. The summed E-state index contributed by atoms with van der Waals surface area (Å²) in [5, 5.41) is 9.07. The van der Waals surface area contributed by atoms with Crippen molar-refractivity contribution in [1.29, 1.82) is 0 Å². The monoisotopic (exact) mass is 394 g/mol. The summed E-state index contributed by atoms with van der Waals surface area (Å²) in [6, 6.07) is 17.5. The Labute approximate surface area is 168 Å². The van der Waals surface area contributed by atoms with Crippen molar-refractivity contribution < 1.29 is 13.6 Å². The molecule has 0 fully saturated rings. The normalized spacial score (nSPS) is 11.2. The van der Waals surface area contributed by atoms with Crippen LogP contribution in [0.3, 0.4) is 0 Å². The molecule has 0 aliphatic carbocycles. The largest absolute Gasteiger partial charge is 0.467 e. The number of halogens is 1. The van der Waals surface area contributed by atoms with Crippen molar-refractivity contribution >= 4 is 11.9 Å². The Morgan fingerprint density at radius 1 is 0.966 bits per heavy atom. The van der Waals surface area contributed by atoms with E-state index < -0.39 is 0 Å². The maximum atomic E-state index is 13.7. The molecule has 0 aliphatic rings. The molecular formula is C22H23FN4O2. The third kappa shape index (κ3) is 5.93. The number of benzene rings is 2. The highest BCUT2D eigenvalue weighted by molar-refractivity contribution is 5.94. The first-order valence-corrected chi connectivity index (χ1v) is 9.23. The number of amides is 1. The zero-order chi connectivity index (χ0) is 20.5. The third-order valence-electron chi connectivity index (χ3n) is 4.28. The van der Waals surface area contributed by atoms with Crippen LogP contribution in [0.1, 0.15) is 27.2 Å². The van der Waals surface area contributed by atoms with Gasteiger partial charge >= 0.3 is 0 Å². The van der Waals surface area contributed by atoms with Gasteiger partial charge in [0.1, 0.15) is 11.6 Å². The molecule has 0 unspecified atom stereocenters. The molecule has 1 aromatic heterocycles. The van der Waals surface area contributed by atoms with Crippen LogP contribution in [0.15, 0.2) is 76.3 Å². The van der Waals surface area contributed by atoms with Crippen LogP contribution in [0.25, 0.3) is 0 Å². The summed E-state index contributed by atoms with van der Waals surface area (Å²) in [6.07, 6.45) is 1.57. The molecule has 3 rings (SSSR count). The van der Waals surface area contributed by atoms with Crippen molar-refractivity contribution in [3.05, 3.63) is 95.2 Å².